The molecule has 0 aliphatic carbocycles. The third-order valence-corrected chi connectivity index (χ3v) is 2.15. The number of hydrogen-bond acceptors (Lipinski definition) is 3. The lowest BCUT2D eigenvalue weighted by Gasteiger charge is -2.00. The summed E-state index contributed by atoms with van der Waals surface area (Å²) < 4.78 is 1.76. The van der Waals surface area contributed by atoms with Crippen LogP contribution in [-0.2, 0) is 11.2 Å². The quantitative estimate of drug-likeness (QED) is 0.664. The molecule has 0 N–H and O–H groups in total. The summed E-state index contributed by atoms with van der Waals surface area (Å²) in [7, 11) is 0. The highest BCUT2D eigenvalue weighted by Gasteiger charge is 2.06. The van der Waals surface area contributed by atoms with Crippen LogP contribution in [0.4, 0.5) is 0 Å². The van der Waals surface area contributed by atoms with Gasteiger partial charge in [-0.15, -0.1) is 0 Å². The van der Waals surface area contributed by atoms with Gasteiger partial charge in [0.25, 0.3) is 0 Å². The summed E-state index contributed by atoms with van der Waals surface area (Å²) in [5, 5.41) is 4.17. The molecule has 2 heterocycles. The summed E-state index contributed by atoms with van der Waals surface area (Å²) in [5.74, 6) is 0. The van der Waals surface area contributed by atoms with Gasteiger partial charge in [-0.1, -0.05) is 0 Å². The first-order chi connectivity index (χ1) is 6.72. The van der Waals surface area contributed by atoms with E-state index in [1.807, 2.05) is 19.9 Å². The van der Waals surface area contributed by atoms with E-state index in [9.17, 15) is 4.79 Å². The minimum absolute atomic E-state index is 0.374. The Kier molecular flexibility index (Phi) is 2.04. The molecule has 0 radical (unpaired) electrons. The average molecular weight is 189 g/mol. The van der Waals surface area contributed by atoms with Gasteiger partial charge in [-0.3, -0.25) is 0 Å². The van der Waals surface area contributed by atoms with Gasteiger partial charge in [0.05, 0.1) is 6.20 Å². The van der Waals surface area contributed by atoms with Crippen LogP contribution in [0.25, 0.3) is 5.65 Å². The van der Waals surface area contributed by atoms with E-state index < -0.39 is 0 Å². The standard InChI is InChI=1S/C10H11N3O/c1-7-5-8(2)13-10(12-7)9(3-4-14)6-11-13/h4-6H,3H2,1-2H3. The first kappa shape index (κ1) is 8.87. The maximum atomic E-state index is 10.4. The van der Waals surface area contributed by atoms with Gasteiger partial charge < -0.3 is 4.79 Å². The van der Waals surface area contributed by atoms with Gasteiger partial charge in [0.15, 0.2) is 5.65 Å². The van der Waals surface area contributed by atoms with Crippen LogP contribution >= 0.6 is 0 Å². The second-order valence-corrected chi connectivity index (χ2v) is 3.31. The van der Waals surface area contributed by atoms with E-state index in [-0.39, 0.29) is 0 Å². The van der Waals surface area contributed by atoms with Crippen LogP contribution < -0.4 is 0 Å². The largest absolute Gasteiger partial charge is 0.303 e. The van der Waals surface area contributed by atoms with Crippen LogP contribution in [-0.4, -0.2) is 20.9 Å². The zero-order chi connectivity index (χ0) is 10.1. The number of aldehydes is 1. The highest BCUT2D eigenvalue weighted by Crippen LogP contribution is 2.11. The Morgan fingerprint density at radius 3 is 3.00 bits per heavy atom. The summed E-state index contributed by atoms with van der Waals surface area (Å²) in [6, 6.07) is 1.96. The molecule has 0 aromatic carbocycles. The molecule has 4 heteroatoms. The fourth-order valence-electron chi connectivity index (χ4n) is 1.55. The number of aromatic nitrogens is 3. The van der Waals surface area contributed by atoms with E-state index in [2.05, 4.69) is 10.1 Å². The zero-order valence-electron chi connectivity index (χ0n) is 8.19. The lowest BCUT2D eigenvalue weighted by Crippen LogP contribution is -1.98. The van der Waals surface area contributed by atoms with E-state index in [0.29, 0.717) is 6.42 Å². The molecule has 0 atom stereocenters. The van der Waals surface area contributed by atoms with E-state index in [1.165, 1.54) is 0 Å². The van der Waals surface area contributed by atoms with Crippen molar-refractivity contribution in [2.45, 2.75) is 20.3 Å². The van der Waals surface area contributed by atoms with Crippen molar-refractivity contribution in [1.29, 1.82) is 0 Å². The lowest BCUT2D eigenvalue weighted by molar-refractivity contribution is -0.107. The molecule has 0 bridgehead atoms. The molecule has 0 saturated carbocycles. The molecule has 2 rings (SSSR count). The number of rotatable bonds is 2. The number of hydrogen-bond donors (Lipinski definition) is 0. The molecule has 0 aliphatic heterocycles. The summed E-state index contributed by atoms with van der Waals surface area (Å²) >= 11 is 0. The maximum Gasteiger partial charge on any atom is 0.159 e. The molecular weight excluding hydrogens is 178 g/mol. The second-order valence-electron chi connectivity index (χ2n) is 3.31. The Labute approximate surface area is 81.6 Å². The van der Waals surface area contributed by atoms with Crippen LogP contribution in [0.2, 0.25) is 0 Å². The second kappa shape index (κ2) is 3.21. The van der Waals surface area contributed by atoms with Crippen molar-refractivity contribution in [1.82, 2.24) is 14.6 Å². The van der Waals surface area contributed by atoms with Crippen LogP contribution in [0.3, 0.4) is 0 Å². The molecule has 4 nitrogen and oxygen atoms in total. The molecule has 14 heavy (non-hydrogen) atoms. The summed E-state index contributed by atoms with van der Waals surface area (Å²) in [5.41, 5.74) is 3.65. The Hall–Kier alpha value is -1.71. The Bertz CT molecular complexity index is 487. The van der Waals surface area contributed by atoms with E-state index >= 15 is 0 Å². The fourth-order valence-corrected chi connectivity index (χ4v) is 1.55. The van der Waals surface area contributed by atoms with Gasteiger partial charge in [0, 0.05) is 23.4 Å². The molecule has 0 aliphatic rings. The van der Waals surface area contributed by atoms with Crippen LogP contribution in [0.5, 0.6) is 0 Å². The minimum atomic E-state index is 0.374. The van der Waals surface area contributed by atoms with E-state index in [4.69, 9.17) is 0 Å². The van der Waals surface area contributed by atoms with Gasteiger partial charge >= 0.3 is 0 Å². The normalized spacial score (nSPS) is 10.7. The Morgan fingerprint density at radius 2 is 2.29 bits per heavy atom. The van der Waals surface area contributed by atoms with E-state index in [1.54, 1.807) is 10.7 Å². The predicted molar refractivity (Wildman–Crippen MR) is 52.2 cm³/mol. The van der Waals surface area contributed by atoms with Crippen LogP contribution in [0, 0.1) is 13.8 Å². The first-order valence-corrected chi connectivity index (χ1v) is 4.47. The van der Waals surface area contributed by atoms with Gasteiger partial charge in [-0.25, -0.2) is 9.50 Å². The van der Waals surface area contributed by atoms with Crippen LogP contribution in [0.1, 0.15) is 17.0 Å². The number of nitrogens with zero attached hydrogens (tertiary/aromatic N) is 3. The molecule has 0 spiro atoms. The molecular formula is C10H11N3O. The highest BCUT2D eigenvalue weighted by atomic mass is 16.1. The number of fused-ring (bicyclic) bond motifs is 1. The van der Waals surface area contributed by atoms with Crippen molar-refractivity contribution >= 4 is 11.9 Å². The number of aryl methyl sites for hydroxylation is 2. The lowest BCUT2D eigenvalue weighted by atomic mass is 10.2. The predicted octanol–water partition coefficient (Wildman–Crippen LogP) is 1.09. The van der Waals surface area contributed by atoms with Gasteiger partial charge in [0.1, 0.15) is 6.29 Å². The van der Waals surface area contributed by atoms with Crippen molar-refractivity contribution in [3.8, 4) is 0 Å². The zero-order valence-corrected chi connectivity index (χ0v) is 8.19. The van der Waals surface area contributed by atoms with Gasteiger partial charge in [-0.05, 0) is 19.9 Å². The molecule has 0 saturated heterocycles. The smallest absolute Gasteiger partial charge is 0.159 e. The summed E-state index contributed by atoms with van der Waals surface area (Å²) in [6.07, 6.45) is 2.94. The molecule has 0 amide bonds. The molecule has 0 unspecified atom stereocenters. The molecule has 0 fully saturated rings. The van der Waals surface area contributed by atoms with Crippen LogP contribution in [0.15, 0.2) is 12.3 Å². The van der Waals surface area contributed by atoms with Crippen molar-refractivity contribution in [3.05, 3.63) is 29.2 Å². The Balaban J connectivity index is 2.71. The van der Waals surface area contributed by atoms with Crippen molar-refractivity contribution in [2.24, 2.45) is 0 Å². The SMILES string of the molecule is Cc1cc(C)n2ncc(CC=O)c2n1. The molecule has 72 valence electrons. The van der Waals surface area contributed by atoms with E-state index in [0.717, 1.165) is 28.9 Å². The summed E-state index contributed by atoms with van der Waals surface area (Å²) in [6.45, 7) is 3.91. The van der Waals surface area contributed by atoms with Gasteiger partial charge in [0.2, 0.25) is 0 Å². The third kappa shape index (κ3) is 1.28. The monoisotopic (exact) mass is 189 g/mol. The fraction of sp³-hybridized carbons (Fsp3) is 0.300. The van der Waals surface area contributed by atoms with Crippen molar-refractivity contribution in [3.63, 3.8) is 0 Å². The summed E-state index contributed by atoms with van der Waals surface area (Å²) in [4.78, 5) is 14.8. The number of carbonyl (C=O) groups excluding carboxylic acids is 1. The Morgan fingerprint density at radius 1 is 1.50 bits per heavy atom. The first-order valence-electron chi connectivity index (χ1n) is 4.47. The highest BCUT2D eigenvalue weighted by molar-refractivity contribution is 5.61. The minimum Gasteiger partial charge on any atom is -0.303 e. The third-order valence-electron chi connectivity index (χ3n) is 2.15. The topological polar surface area (TPSA) is 47.3 Å². The maximum absolute atomic E-state index is 10.4. The average Bonchev–Trinajstić information content (AvgIpc) is 2.49. The number of carbonyl (C=O) groups is 1. The van der Waals surface area contributed by atoms with Crippen molar-refractivity contribution in [2.75, 3.05) is 0 Å². The molecule has 2 aromatic rings. The van der Waals surface area contributed by atoms with Gasteiger partial charge in [-0.2, -0.15) is 5.10 Å². The van der Waals surface area contributed by atoms with Crippen molar-refractivity contribution < 1.29 is 4.79 Å². The molecule has 2 aromatic heterocycles.